The molecule has 488 valence electrons. The molecule has 0 unspecified atom stereocenters. The van der Waals surface area contributed by atoms with Crippen LogP contribution in [0.25, 0.3) is 22.3 Å². The highest BCUT2D eigenvalue weighted by molar-refractivity contribution is 7.91. The molecule has 0 radical (unpaired) electrons. The second-order valence-electron chi connectivity index (χ2n) is 21.6. The van der Waals surface area contributed by atoms with Gasteiger partial charge in [-0.2, -0.15) is 34.8 Å². The van der Waals surface area contributed by atoms with Gasteiger partial charge in [0, 0.05) is 16.5 Å². The molecular weight excluding hydrogens is 1310 g/mol. The van der Waals surface area contributed by atoms with E-state index in [4.69, 9.17) is 31.6 Å². The van der Waals surface area contributed by atoms with Crippen LogP contribution in [0.4, 0.5) is 26.3 Å². The second-order valence-corrected chi connectivity index (χ2v) is 27.3. The molecule has 14 nitrogen and oxygen atoms in total. The summed E-state index contributed by atoms with van der Waals surface area (Å²) in [6, 6.07) is 59.3. The summed E-state index contributed by atoms with van der Waals surface area (Å²) in [5, 5.41) is 0. The van der Waals surface area contributed by atoms with Gasteiger partial charge in [0.15, 0.2) is 0 Å². The SMILES string of the molecule is COc1ccc(C(C)(C)c2ccc(Oc3ccc(S(=O)(=O)c4ccc(C)cc4)cc3)c(-c3ccc(S(=O)(=O)O)cc3)c2)cc1-c1ccccc1.COc1ccc(C(c2ccc(Oc3ccc(S(=O)(=O)c4ccc(C)cc4)cc3)cc2)(C(F)(F)F)C(F)(F)F)cc1.O=S(=O)=O. The molecule has 0 spiro atoms. The minimum Gasteiger partial charge on any atom is -0.497 e. The molecule has 0 amide bonds. The summed E-state index contributed by atoms with van der Waals surface area (Å²) >= 11 is 0. The van der Waals surface area contributed by atoms with Crippen molar-refractivity contribution >= 4 is 40.4 Å². The Labute approximate surface area is 541 Å². The smallest absolute Gasteiger partial charge is 0.425 e. The monoisotopic (exact) mass is 1360 g/mol. The molecule has 0 fully saturated rings. The number of aryl methyl sites for hydroxylation is 2. The highest BCUT2D eigenvalue weighted by Gasteiger charge is 2.72. The van der Waals surface area contributed by atoms with E-state index in [1.807, 2.05) is 74.5 Å². The zero-order valence-corrected chi connectivity index (χ0v) is 53.9. The van der Waals surface area contributed by atoms with Crippen molar-refractivity contribution in [2.45, 2.75) is 75.4 Å². The van der Waals surface area contributed by atoms with Crippen LogP contribution in [-0.2, 0) is 51.2 Å². The van der Waals surface area contributed by atoms with Gasteiger partial charge in [-0.15, -0.1) is 12.6 Å². The fourth-order valence-electron chi connectivity index (χ4n) is 10.1. The lowest BCUT2D eigenvalue weighted by Gasteiger charge is -2.38. The van der Waals surface area contributed by atoms with Crippen molar-refractivity contribution in [1.82, 2.24) is 0 Å². The van der Waals surface area contributed by atoms with E-state index in [1.54, 1.807) is 67.8 Å². The van der Waals surface area contributed by atoms with Crippen LogP contribution in [0.15, 0.2) is 261 Å². The van der Waals surface area contributed by atoms with Crippen molar-refractivity contribution in [3.05, 3.63) is 270 Å². The summed E-state index contributed by atoms with van der Waals surface area (Å²) < 4.78 is 219. The third kappa shape index (κ3) is 15.7. The Balaban J connectivity index is 0.000000233. The normalized spacial score (nSPS) is 12.1. The van der Waals surface area contributed by atoms with Crippen LogP contribution < -0.4 is 18.9 Å². The van der Waals surface area contributed by atoms with E-state index in [0.29, 0.717) is 34.8 Å². The molecular formula is C70H58F6O14S4. The maximum absolute atomic E-state index is 14.3. The second kappa shape index (κ2) is 28.3. The largest absolute Gasteiger partial charge is 0.497 e. The summed E-state index contributed by atoms with van der Waals surface area (Å²) in [6.45, 7) is 7.96. The topological polar surface area (TPSA) is 211 Å². The van der Waals surface area contributed by atoms with Gasteiger partial charge in [-0.25, -0.2) is 16.8 Å². The molecule has 10 aromatic rings. The number of methoxy groups -OCH3 is 2. The van der Waals surface area contributed by atoms with E-state index in [1.165, 1.54) is 67.8 Å². The highest BCUT2D eigenvalue weighted by Crippen LogP contribution is 2.57. The molecule has 0 heterocycles. The van der Waals surface area contributed by atoms with E-state index in [0.717, 1.165) is 75.5 Å². The molecule has 0 aliphatic carbocycles. The van der Waals surface area contributed by atoms with Gasteiger partial charge in [-0.3, -0.25) is 4.55 Å². The van der Waals surface area contributed by atoms with Crippen LogP contribution in [-0.4, -0.2) is 69.0 Å². The van der Waals surface area contributed by atoms with Crippen molar-refractivity contribution in [2.75, 3.05) is 14.2 Å². The van der Waals surface area contributed by atoms with Crippen LogP contribution in [0.1, 0.15) is 47.2 Å². The quantitative estimate of drug-likeness (QED) is 0.0664. The summed E-state index contributed by atoms with van der Waals surface area (Å²) in [6.07, 6.45) is -11.5. The van der Waals surface area contributed by atoms with Crippen LogP contribution in [0, 0.1) is 13.8 Å². The standard InChI is InChI=1S/C41H36O7S2.C29H22F6O4S.O3S/c1-28-10-18-34(19-11-28)49(42,43)35-22-16-33(17-23-35)48-40-25-15-32(27-38(40)30-12-20-36(21-13-30)50(44,45)46)41(2,3)31-14-24-39(47-4)37(26-31)29-8-6-5-7-9-29;1-19-3-15-25(16-4-19)40(36,37)26-17-13-24(14-18-26)39-23-11-7-21(8-12-23)27(28(30,31)32,29(33,34)35)20-5-9-22(38-2)10-6-20;1-4(2)3/h5-27H,1-4H3,(H,44,45,46);3-18H,1-2H3;. The predicted octanol–water partition coefficient (Wildman–Crippen LogP) is 16.6. The lowest BCUT2D eigenvalue weighted by atomic mass is 9.73. The number of hydrogen-bond acceptors (Lipinski definition) is 13. The van der Waals surface area contributed by atoms with Gasteiger partial charge in [0.2, 0.25) is 25.1 Å². The van der Waals surface area contributed by atoms with Crippen molar-refractivity contribution < 1.29 is 87.7 Å². The number of sulfone groups is 2. The Bertz CT molecular complexity index is 4750. The summed E-state index contributed by atoms with van der Waals surface area (Å²) in [7, 11) is -12.1. The number of benzene rings is 10. The Kier molecular flexibility index (Phi) is 21.2. The van der Waals surface area contributed by atoms with Gasteiger partial charge in [-0.05, 0) is 181 Å². The molecule has 0 saturated heterocycles. The maximum Gasteiger partial charge on any atom is 0.425 e. The number of halogens is 6. The third-order valence-electron chi connectivity index (χ3n) is 15.2. The molecule has 0 aliphatic rings. The highest BCUT2D eigenvalue weighted by atomic mass is 32.2. The molecule has 10 aromatic carbocycles. The first-order chi connectivity index (χ1) is 44.2. The molecule has 0 atom stereocenters. The summed E-state index contributed by atoms with van der Waals surface area (Å²) in [5.41, 5.74) is 0.305. The van der Waals surface area contributed by atoms with Crippen LogP contribution in [0.3, 0.4) is 0 Å². The van der Waals surface area contributed by atoms with Gasteiger partial charge in [0.25, 0.3) is 10.1 Å². The molecule has 0 saturated carbocycles. The summed E-state index contributed by atoms with van der Waals surface area (Å²) in [5.74, 6) is 1.83. The van der Waals surface area contributed by atoms with Crippen LogP contribution in [0.2, 0.25) is 0 Å². The fourth-order valence-corrected chi connectivity index (χ4v) is 13.1. The minimum absolute atomic E-state index is 0.0151. The van der Waals surface area contributed by atoms with E-state index in [9.17, 15) is 56.1 Å². The maximum atomic E-state index is 14.3. The van der Waals surface area contributed by atoms with Crippen molar-refractivity contribution in [2.24, 2.45) is 0 Å². The Morgan fingerprint density at radius 1 is 0.372 bits per heavy atom. The lowest BCUT2D eigenvalue weighted by Crippen LogP contribution is -2.54. The van der Waals surface area contributed by atoms with Gasteiger partial charge < -0.3 is 18.9 Å². The minimum atomic E-state index is -5.74. The molecule has 0 aliphatic heterocycles. The van der Waals surface area contributed by atoms with Crippen molar-refractivity contribution in [3.8, 4) is 56.8 Å². The molecule has 1 N–H and O–H groups in total. The van der Waals surface area contributed by atoms with Crippen molar-refractivity contribution in [3.63, 3.8) is 0 Å². The van der Waals surface area contributed by atoms with Gasteiger partial charge >= 0.3 is 23.0 Å². The summed E-state index contributed by atoms with van der Waals surface area (Å²) in [4.78, 5) is 0.201. The lowest BCUT2D eigenvalue weighted by molar-refractivity contribution is -0.288. The third-order valence-corrected chi connectivity index (χ3v) is 19.7. The first-order valence-corrected chi connectivity index (χ1v) is 33.4. The fraction of sp³-hybridized carbons (Fsp3) is 0.143. The van der Waals surface area contributed by atoms with Crippen LogP contribution in [0.5, 0.6) is 34.5 Å². The van der Waals surface area contributed by atoms with E-state index >= 15 is 0 Å². The van der Waals surface area contributed by atoms with Crippen LogP contribution >= 0.6 is 0 Å². The Morgan fingerprint density at radius 3 is 1.06 bits per heavy atom. The van der Waals surface area contributed by atoms with E-state index in [-0.39, 0.29) is 41.7 Å². The zero-order chi connectivity index (χ0) is 68.6. The first-order valence-electron chi connectivity index (χ1n) is 28.0. The average molecular weight is 1370 g/mol. The number of alkyl halides is 6. The van der Waals surface area contributed by atoms with E-state index in [2.05, 4.69) is 19.9 Å². The Morgan fingerprint density at radius 2 is 0.691 bits per heavy atom. The number of hydrogen-bond donors (Lipinski definition) is 1. The number of rotatable bonds is 17. The molecule has 24 heteroatoms. The molecule has 10 rings (SSSR count). The van der Waals surface area contributed by atoms with Gasteiger partial charge in [0.05, 0.1) is 38.7 Å². The molecule has 0 aromatic heterocycles. The average Bonchev–Trinajstić information content (AvgIpc) is 0.720. The molecule has 94 heavy (non-hydrogen) atoms. The Hall–Kier alpha value is -9.59. The molecule has 0 bridgehead atoms. The predicted molar refractivity (Wildman–Crippen MR) is 341 cm³/mol. The zero-order valence-electron chi connectivity index (χ0n) is 50.7. The van der Waals surface area contributed by atoms with Gasteiger partial charge in [0.1, 0.15) is 34.5 Å². The van der Waals surface area contributed by atoms with E-state index < -0.39 is 74.7 Å². The van der Waals surface area contributed by atoms with Gasteiger partial charge in [-0.1, -0.05) is 128 Å². The first kappa shape index (κ1) is 70.3. The van der Waals surface area contributed by atoms with Crippen molar-refractivity contribution in [1.29, 1.82) is 0 Å². The number of ether oxygens (including phenoxy) is 4.